The number of hydrogen-bond acceptors (Lipinski definition) is 3. The highest BCUT2D eigenvalue weighted by atomic mass is 127. The molecule has 1 atom stereocenters. The van der Waals surface area contributed by atoms with Crippen molar-refractivity contribution in [3.63, 3.8) is 0 Å². The SMILES string of the molecule is CCCOc1ccc(CN=C(NCC)NC(C)c2ccccc2)cn1.I. The predicted molar refractivity (Wildman–Crippen MR) is 118 cm³/mol. The number of nitrogens with zero attached hydrogens (tertiary/aromatic N) is 2. The van der Waals surface area contributed by atoms with Crippen LogP contribution in [0.25, 0.3) is 0 Å². The summed E-state index contributed by atoms with van der Waals surface area (Å²) >= 11 is 0. The molecule has 2 rings (SSSR count). The van der Waals surface area contributed by atoms with Crippen molar-refractivity contribution in [2.45, 2.75) is 39.8 Å². The fourth-order valence-corrected chi connectivity index (χ4v) is 2.32. The largest absolute Gasteiger partial charge is 0.478 e. The Morgan fingerprint density at radius 2 is 1.92 bits per heavy atom. The van der Waals surface area contributed by atoms with Crippen LogP contribution in [-0.2, 0) is 6.54 Å². The number of halogens is 1. The lowest BCUT2D eigenvalue weighted by Gasteiger charge is -2.18. The molecule has 5 nitrogen and oxygen atoms in total. The molecule has 0 aliphatic heterocycles. The fraction of sp³-hybridized carbons (Fsp3) is 0.400. The molecule has 26 heavy (non-hydrogen) atoms. The monoisotopic (exact) mass is 468 g/mol. The van der Waals surface area contributed by atoms with Gasteiger partial charge in [-0.3, -0.25) is 0 Å². The van der Waals surface area contributed by atoms with E-state index in [-0.39, 0.29) is 30.0 Å². The lowest BCUT2D eigenvalue weighted by Crippen LogP contribution is -2.38. The van der Waals surface area contributed by atoms with Gasteiger partial charge in [0.05, 0.1) is 19.2 Å². The van der Waals surface area contributed by atoms with E-state index in [0.717, 1.165) is 24.5 Å². The molecule has 2 N–H and O–H groups in total. The van der Waals surface area contributed by atoms with E-state index in [0.29, 0.717) is 19.0 Å². The third-order valence-corrected chi connectivity index (χ3v) is 3.67. The van der Waals surface area contributed by atoms with Crippen molar-refractivity contribution in [2.75, 3.05) is 13.2 Å². The third-order valence-electron chi connectivity index (χ3n) is 3.67. The van der Waals surface area contributed by atoms with Crippen molar-refractivity contribution in [1.82, 2.24) is 15.6 Å². The summed E-state index contributed by atoms with van der Waals surface area (Å²) in [5, 5.41) is 6.72. The summed E-state index contributed by atoms with van der Waals surface area (Å²) < 4.78 is 5.50. The first kappa shape index (κ1) is 22.2. The van der Waals surface area contributed by atoms with Crippen LogP contribution in [0.3, 0.4) is 0 Å². The Bertz CT molecular complexity index is 647. The van der Waals surface area contributed by atoms with Crippen LogP contribution in [0.15, 0.2) is 53.7 Å². The molecule has 1 unspecified atom stereocenters. The number of hydrogen-bond donors (Lipinski definition) is 2. The standard InChI is InChI=1S/C20H28N4O.HI/c1-4-13-25-19-12-11-17(14-22-19)15-23-20(21-5-2)24-16(3)18-9-7-6-8-10-18;/h6-12,14,16H,4-5,13,15H2,1-3H3,(H2,21,23,24);1H. The smallest absolute Gasteiger partial charge is 0.213 e. The second kappa shape index (κ2) is 12.5. The van der Waals surface area contributed by atoms with Crippen molar-refractivity contribution >= 4 is 29.9 Å². The van der Waals surface area contributed by atoms with Crippen LogP contribution in [0, 0.1) is 0 Å². The first-order chi connectivity index (χ1) is 12.2. The van der Waals surface area contributed by atoms with Crippen LogP contribution >= 0.6 is 24.0 Å². The maximum absolute atomic E-state index is 5.50. The van der Waals surface area contributed by atoms with Crippen LogP contribution < -0.4 is 15.4 Å². The van der Waals surface area contributed by atoms with Gasteiger partial charge in [0.25, 0.3) is 0 Å². The summed E-state index contributed by atoms with van der Waals surface area (Å²) in [6.45, 7) is 8.34. The van der Waals surface area contributed by atoms with Gasteiger partial charge in [0.1, 0.15) is 0 Å². The Morgan fingerprint density at radius 1 is 1.15 bits per heavy atom. The van der Waals surface area contributed by atoms with Crippen molar-refractivity contribution in [2.24, 2.45) is 4.99 Å². The highest BCUT2D eigenvalue weighted by molar-refractivity contribution is 14.0. The van der Waals surface area contributed by atoms with Crippen molar-refractivity contribution < 1.29 is 4.74 Å². The molecule has 1 heterocycles. The molecule has 1 aromatic carbocycles. The number of guanidine groups is 1. The van der Waals surface area contributed by atoms with Gasteiger partial charge in [0.15, 0.2) is 5.96 Å². The Kier molecular flexibility index (Phi) is 10.7. The van der Waals surface area contributed by atoms with Gasteiger partial charge in [0, 0.05) is 18.8 Å². The molecule has 142 valence electrons. The van der Waals surface area contributed by atoms with E-state index in [4.69, 9.17) is 4.74 Å². The van der Waals surface area contributed by atoms with Crippen LogP contribution in [0.5, 0.6) is 5.88 Å². The van der Waals surface area contributed by atoms with E-state index in [1.807, 2.05) is 36.5 Å². The fourth-order valence-electron chi connectivity index (χ4n) is 2.32. The minimum absolute atomic E-state index is 0. The summed E-state index contributed by atoms with van der Waals surface area (Å²) in [6.07, 6.45) is 2.80. The zero-order valence-electron chi connectivity index (χ0n) is 15.7. The predicted octanol–water partition coefficient (Wildman–Crippen LogP) is 4.30. The molecule has 6 heteroatoms. The Hall–Kier alpha value is -1.83. The average molecular weight is 468 g/mol. The van der Waals surface area contributed by atoms with Gasteiger partial charge in [-0.05, 0) is 31.4 Å². The lowest BCUT2D eigenvalue weighted by atomic mass is 10.1. The van der Waals surface area contributed by atoms with E-state index >= 15 is 0 Å². The van der Waals surface area contributed by atoms with Crippen LogP contribution in [0.2, 0.25) is 0 Å². The van der Waals surface area contributed by atoms with Crippen molar-refractivity contribution in [3.05, 3.63) is 59.8 Å². The van der Waals surface area contributed by atoms with Gasteiger partial charge < -0.3 is 15.4 Å². The Morgan fingerprint density at radius 3 is 2.54 bits per heavy atom. The molecule has 0 amide bonds. The first-order valence-electron chi connectivity index (χ1n) is 8.90. The Balaban J connectivity index is 0.00000338. The number of aliphatic imine (C=N–C) groups is 1. The summed E-state index contributed by atoms with van der Waals surface area (Å²) in [5.41, 5.74) is 2.28. The highest BCUT2D eigenvalue weighted by Crippen LogP contribution is 2.11. The van der Waals surface area contributed by atoms with E-state index in [1.54, 1.807) is 0 Å². The van der Waals surface area contributed by atoms with E-state index in [1.165, 1.54) is 5.56 Å². The maximum Gasteiger partial charge on any atom is 0.213 e. The number of benzene rings is 1. The summed E-state index contributed by atoms with van der Waals surface area (Å²) in [4.78, 5) is 8.97. The average Bonchev–Trinajstić information content (AvgIpc) is 2.66. The molecule has 1 aromatic heterocycles. The molecule has 0 bridgehead atoms. The molecule has 0 aliphatic carbocycles. The molecular formula is C20H29IN4O. The number of rotatable bonds is 8. The quantitative estimate of drug-likeness (QED) is 0.345. The van der Waals surface area contributed by atoms with Crippen LogP contribution in [-0.4, -0.2) is 24.1 Å². The number of nitrogens with one attached hydrogen (secondary N) is 2. The normalized spacial score (nSPS) is 12.0. The lowest BCUT2D eigenvalue weighted by molar-refractivity contribution is 0.305. The number of ether oxygens (including phenoxy) is 1. The molecular weight excluding hydrogens is 439 g/mol. The van der Waals surface area contributed by atoms with Crippen LogP contribution in [0.1, 0.15) is 44.4 Å². The van der Waals surface area contributed by atoms with Gasteiger partial charge >= 0.3 is 0 Å². The minimum Gasteiger partial charge on any atom is -0.478 e. The molecule has 0 radical (unpaired) electrons. The minimum atomic E-state index is 0. The van der Waals surface area contributed by atoms with Gasteiger partial charge in [-0.1, -0.05) is 43.3 Å². The molecule has 0 saturated heterocycles. The molecule has 0 aliphatic rings. The van der Waals surface area contributed by atoms with Gasteiger partial charge in [-0.25, -0.2) is 9.98 Å². The molecule has 0 fully saturated rings. The zero-order valence-corrected chi connectivity index (χ0v) is 18.1. The summed E-state index contributed by atoms with van der Waals surface area (Å²) in [6, 6.07) is 14.4. The molecule has 2 aromatic rings. The zero-order chi connectivity index (χ0) is 17.9. The summed E-state index contributed by atoms with van der Waals surface area (Å²) in [5.74, 6) is 1.46. The van der Waals surface area contributed by atoms with Gasteiger partial charge in [-0.2, -0.15) is 0 Å². The highest BCUT2D eigenvalue weighted by Gasteiger charge is 2.07. The second-order valence-corrected chi connectivity index (χ2v) is 5.83. The third kappa shape index (κ3) is 7.59. The maximum atomic E-state index is 5.50. The van der Waals surface area contributed by atoms with Crippen molar-refractivity contribution in [3.8, 4) is 5.88 Å². The van der Waals surface area contributed by atoms with E-state index < -0.39 is 0 Å². The van der Waals surface area contributed by atoms with Gasteiger partial charge in [-0.15, -0.1) is 24.0 Å². The topological polar surface area (TPSA) is 58.5 Å². The van der Waals surface area contributed by atoms with Gasteiger partial charge in [0.2, 0.25) is 5.88 Å². The second-order valence-electron chi connectivity index (χ2n) is 5.83. The Labute approximate surface area is 173 Å². The number of aromatic nitrogens is 1. The summed E-state index contributed by atoms with van der Waals surface area (Å²) in [7, 11) is 0. The first-order valence-corrected chi connectivity index (χ1v) is 8.90. The molecule has 0 saturated carbocycles. The van der Waals surface area contributed by atoms with Crippen LogP contribution in [0.4, 0.5) is 0 Å². The number of pyridine rings is 1. The van der Waals surface area contributed by atoms with Crippen molar-refractivity contribution in [1.29, 1.82) is 0 Å². The van der Waals surface area contributed by atoms with E-state index in [2.05, 4.69) is 53.5 Å². The van der Waals surface area contributed by atoms with E-state index in [9.17, 15) is 0 Å². The molecule has 0 spiro atoms.